The smallest absolute Gasteiger partial charge is 0.0437 e. The van der Waals surface area contributed by atoms with Crippen molar-refractivity contribution in [2.75, 3.05) is 13.2 Å². The monoisotopic (exact) mass is 247 g/mol. The van der Waals surface area contributed by atoms with E-state index in [1.54, 1.807) is 0 Å². The van der Waals surface area contributed by atoms with Crippen molar-refractivity contribution in [1.82, 2.24) is 5.32 Å². The highest BCUT2D eigenvalue weighted by molar-refractivity contribution is 5.19. The fourth-order valence-electron chi connectivity index (χ4n) is 3.01. The van der Waals surface area contributed by atoms with E-state index in [1.807, 2.05) is 6.07 Å². The molecule has 1 fully saturated rings. The minimum atomic E-state index is 0.265. The predicted molar refractivity (Wildman–Crippen MR) is 75.7 cm³/mol. The maximum absolute atomic E-state index is 9.21. The van der Waals surface area contributed by atoms with Crippen molar-refractivity contribution in [3.8, 4) is 0 Å². The van der Waals surface area contributed by atoms with E-state index in [1.165, 1.54) is 24.8 Å². The first-order valence-corrected chi connectivity index (χ1v) is 7.20. The van der Waals surface area contributed by atoms with Crippen LogP contribution in [0.2, 0.25) is 0 Å². The SMILES string of the molecule is CC1CCCC1NCC(CCO)c1ccccc1. The summed E-state index contributed by atoms with van der Waals surface area (Å²) in [4.78, 5) is 0. The van der Waals surface area contributed by atoms with Gasteiger partial charge in [0.2, 0.25) is 0 Å². The van der Waals surface area contributed by atoms with E-state index < -0.39 is 0 Å². The van der Waals surface area contributed by atoms with Crippen LogP contribution < -0.4 is 5.32 Å². The predicted octanol–water partition coefficient (Wildman–Crippen LogP) is 2.93. The lowest BCUT2D eigenvalue weighted by molar-refractivity contribution is 0.270. The van der Waals surface area contributed by atoms with Crippen molar-refractivity contribution >= 4 is 0 Å². The number of nitrogens with one attached hydrogen (secondary N) is 1. The van der Waals surface area contributed by atoms with Crippen LogP contribution in [0.4, 0.5) is 0 Å². The number of aliphatic hydroxyl groups is 1. The molecule has 0 saturated heterocycles. The fourth-order valence-corrected chi connectivity index (χ4v) is 3.01. The van der Waals surface area contributed by atoms with E-state index in [9.17, 15) is 5.11 Å². The molecule has 0 amide bonds. The Bertz CT molecular complexity index is 338. The Balaban J connectivity index is 1.90. The molecular formula is C16H25NO. The lowest BCUT2D eigenvalue weighted by atomic mass is 9.95. The van der Waals surface area contributed by atoms with E-state index >= 15 is 0 Å². The molecule has 0 heterocycles. The third-order valence-electron chi connectivity index (χ3n) is 4.24. The molecule has 0 radical (unpaired) electrons. The first kappa shape index (κ1) is 13.6. The second-order valence-corrected chi connectivity index (χ2v) is 5.54. The molecule has 1 aliphatic rings. The molecule has 2 rings (SSSR count). The van der Waals surface area contributed by atoms with E-state index in [4.69, 9.17) is 0 Å². The molecule has 18 heavy (non-hydrogen) atoms. The van der Waals surface area contributed by atoms with Gasteiger partial charge in [-0.1, -0.05) is 43.7 Å². The van der Waals surface area contributed by atoms with Gasteiger partial charge in [0.05, 0.1) is 0 Å². The summed E-state index contributed by atoms with van der Waals surface area (Å²) in [5.41, 5.74) is 1.34. The van der Waals surface area contributed by atoms with Gasteiger partial charge in [-0.3, -0.25) is 0 Å². The highest BCUT2D eigenvalue weighted by Gasteiger charge is 2.23. The molecule has 0 bridgehead atoms. The molecule has 2 N–H and O–H groups in total. The second kappa shape index (κ2) is 6.91. The zero-order valence-corrected chi connectivity index (χ0v) is 11.3. The van der Waals surface area contributed by atoms with Crippen LogP contribution in [0, 0.1) is 5.92 Å². The normalized spacial score (nSPS) is 25.2. The van der Waals surface area contributed by atoms with Crippen LogP contribution in [0.5, 0.6) is 0 Å². The molecule has 0 aliphatic heterocycles. The van der Waals surface area contributed by atoms with Gasteiger partial charge < -0.3 is 10.4 Å². The van der Waals surface area contributed by atoms with Crippen LogP contribution in [0.25, 0.3) is 0 Å². The molecule has 1 aliphatic carbocycles. The van der Waals surface area contributed by atoms with Crippen LogP contribution in [0.3, 0.4) is 0 Å². The number of benzene rings is 1. The lowest BCUT2D eigenvalue weighted by Crippen LogP contribution is -2.34. The quantitative estimate of drug-likeness (QED) is 0.810. The molecule has 2 heteroatoms. The van der Waals surface area contributed by atoms with Crippen molar-refractivity contribution in [2.45, 2.75) is 44.6 Å². The van der Waals surface area contributed by atoms with E-state index in [-0.39, 0.29) is 6.61 Å². The van der Waals surface area contributed by atoms with Crippen molar-refractivity contribution in [2.24, 2.45) is 5.92 Å². The van der Waals surface area contributed by atoms with Gasteiger partial charge in [0.1, 0.15) is 0 Å². The average molecular weight is 247 g/mol. The Morgan fingerprint density at radius 1 is 1.28 bits per heavy atom. The average Bonchev–Trinajstić information content (AvgIpc) is 2.81. The van der Waals surface area contributed by atoms with E-state index in [2.05, 4.69) is 36.5 Å². The van der Waals surface area contributed by atoms with Gasteiger partial charge in [0.25, 0.3) is 0 Å². The second-order valence-electron chi connectivity index (χ2n) is 5.54. The fraction of sp³-hybridized carbons (Fsp3) is 0.625. The maximum Gasteiger partial charge on any atom is 0.0437 e. The summed E-state index contributed by atoms with van der Waals surface area (Å²) in [6, 6.07) is 11.2. The minimum Gasteiger partial charge on any atom is -0.396 e. The molecule has 3 atom stereocenters. The third-order valence-corrected chi connectivity index (χ3v) is 4.24. The van der Waals surface area contributed by atoms with Gasteiger partial charge in [-0.05, 0) is 36.7 Å². The summed E-state index contributed by atoms with van der Waals surface area (Å²) in [6.07, 6.45) is 4.86. The van der Waals surface area contributed by atoms with Crippen LogP contribution in [-0.2, 0) is 0 Å². The highest BCUT2D eigenvalue weighted by atomic mass is 16.3. The van der Waals surface area contributed by atoms with Gasteiger partial charge in [0, 0.05) is 19.2 Å². The summed E-state index contributed by atoms with van der Waals surface area (Å²) in [5, 5.41) is 12.9. The summed E-state index contributed by atoms with van der Waals surface area (Å²) < 4.78 is 0. The molecule has 1 saturated carbocycles. The van der Waals surface area contributed by atoms with Gasteiger partial charge in [0.15, 0.2) is 0 Å². The van der Waals surface area contributed by atoms with Gasteiger partial charge in [-0.25, -0.2) is 0 Å². The van der Waals surface area contributed by atoms with Crippen LogP contribution in [-0.4, -0.2) is 24.3 Å². The first-order valence-electron chi connectivity index (χ1n) is 7.20. The van der Waals surface area contributed by atoms with Gasteiger partial charge in [-0.2, -0.15) is 0 Å². The number of hydrogen-bond acceptors (Lipinski definition) is 2. The minimum absolute atomic E-state index is 0.265. The van der Waals surface area contributed by atoms with Gasteiger partial charge in [-0.15, -0.1) is 0 Å². The first-order chi connectivity index (χ1) is 8.81. The number of hydrogen-bond donors (Lipinski definition) is 2. The third kappa shape index (κ3) is 3.56. The van der Waals surface area contributed by atoms with Crippen molar-refractivity contribution in [3.05, 3.63) is 35.9 Å². The molecule has 0 aromatic heterocycles. The Hall–Kier alpha value is -0.860. The van der Waals surface area contributed by atoms with E-state index in [0.717, 1.165) is 18.9 Å². The number of aliphatic hydroxyl groups excluding tert-OH is 1. The Kier molecular flexibility index (Phi) is 5.21. The lowest BCUT2D eigenvalue weighted by Gasteiger charge is -2.22. The topological polar surface area (TPSA) is 32.3 Å². The molecule has 2 nitrogen and oxygen atoms in total. The zero-order chi connectivity index (χ0) is 12.8. The van der Waals surface area contributed by atoms with Crippen molar-refractivity contribution < 1.29 is 5.11 Å². The Labute approximate surface area is 110 Å². The van der Waals surface area contributed by atoms with Crippen LogP contribution in [0.15, 0.2) is 30.3 Å². The zero-order valence-electron chi connectivity index (χ0n) is 11.3. The molecular weight excluding hydrogens is 222 g/mol. The maximum atomic E-state index is 9.21. The van der Waals surface area contributed by atoms with Crippen molar-refractivity contribution in [3.63, 3.8) is 0 Å². The van der Waals surface area contributed by atoms with E-state index in [0.29, 0.717) is 12.0 Å². The van der Waals surface area contributed by atoms with Crippen LogP contribution >= 0.6 is 0 Å². The van der Waals surface area contributed by atoms with Crippen molar-refractivity contribution in [1.29, 1.82) is 0 Å². The van der Waals surface area contributed by atoms with Crippen LogP contribution in [0.1, 0.15) is 44.1 Å². The Morgan fingerprint density at radius 3 is 2.67 bits per heavy atom. The molecule has 1 aromatic rings. The molecule has 0 spiro atoms. The summed E-state index contributed by atoms with van der Waals surface area (Å²) in [6.45, 7) is 3.59. The molecule has 100 valence electrons. The Morgan fingerprint density at radius 2 is 2.06 bits per heavy atom. The summed E-state index contributed by atoms with van der Waals surface area (Å²) >= 11 is 0. The largest absolute Gasteiger partial charge is 0.396 e. The summed E-state index contributed by atoms with van der Waals surface area (Å²) in [5.74, 6) is 1.24. The standard InChI is InChI=1S/C16H25NO/c1-13-6-5-9-16(13)17-12-15(10-11-18)14-7-3-2-4-8-14/h2-4,7-8,13,15-18H,5-6,9-12H2,1H3. The highest BCUT2D eigenvalue weighted by Crippen LogP contribution is 2.26. The molecule has 3 unspecified atom stereocenters. The van der Waals surface area contributed by atoms with Gasteiger partial charge >= 0.3 is 0 Å². The number of rotatable bonds is 6. The summed E-state index contributed by atoms with van der Waals surface area (Å²) in [7, 11) is 0. The molecule has 1 aromatic carbocycles.